The first-order valence-electron chi connectivity index (χ1n) is 7.55. The van der Waals surface area contributed by atoms with Crippen molar-refractivity contribution in [2.24, 2.45) is 0 Å². The van der Waals surface area contributed by atoms with Gasteiger partial charge in [-0.15, -0.1) is 0 Å². The fraction of sp³-hybridized carbons (Fsp3) is 0.412. The highest BCUT2D eigenvalue weighted by Gasteiger charge is 2.13. The normalized spacial score (nSPS) is 13.2. The lowest BCUT2D eigenvalue weighted by Gasteiger charge is -2.14. The molecule has 0 saturated heterocycles. The molecule has 6 heteroatoms. The van der Waals surface area contributed by atoms with Gasteiger partial charge in [-0.3, -0.25) is 0 Å². The molecule has 0 aliphatic heterocycles. The number of furan rings is 1. The average molecular weight is 339 g/mol. The summed E-state index contributed by atoms with van der Waals surface area (Å²) in [5.74, 6) is 1.25. The van der Waals surface area contributed by atoms with E-state index in [1.165, 1.54) is 24.5 Å². The van der Waals surface area contributed by atoms with E-state index in [9.17, 15) is 12.8 Å². The molecule has 1 atom stereocenters. The van der Waals surface area contributed by atoms with Crippen LogP contribution in [0.3, 0.4) is 0 Å². The van der Waals surface area contributed by atoms with E-state index in [-0.39, 0.29) is 17.6 Å². The molecule has 0 saturated carbocycles. The molecule has 0 aliphatic carbocycles. The number of nitrogens with one attached hydrogen (secondary N) is 1. The SMILES string of the molecule is CCc1ccc([C@H](C)NCc2cc(F)ccc2CS(C)(=O)=O)o1. The van der Waals surface area contributed by atoms with Crippen molar-refractivity contribution in [3.8, 4) is 0 Å². The monoisotopic (exact) mass is 339 g/mol. The lowest BCUT2D eigenvalue weighted by molar-refractivity contribution is 0.408. The summed E-state index contributed by atoms with van der Waals surface area (Å²) in [5.41, 5.74) is 1.26. The Bertz CT molecular complexity index is 768. The van der Waals surface area contributed by atoms with Crippen LogP contribution in [0.5, 0.6) is 0 Å². The predicted octanol–water partition coefficient (Wildman–Crippen LogP) is 3.38. The average Bonchev–Trinajstić information content (AvgIpc) is 2.95. The predicted molar refractivity (Wildman–Crippen MR) is 88.3 cm³/mol. The molecule has 0 aliphatic rings. The second-order valence-electron chi connectivity index (χ2n) is 5.74. The first-order valence-corrected chi connectivity index (χ1v) is 9.61. The van der Waals surface area contributed by atoms with Gasteiger partial charge >= 0.3 is 0 Å². The van der Waals surface area contributed by atoms with E-state index in [1.54, 1.807) is 0 Å². The fourth-order valence-corrected chi connectivity index (χ4v) is 3.21. The minimum absolute atomic E-state index is 0.0512. The van der Waals surface area contributed by atoms with Gasteiger partial charge in [0.05, 0.1) is 11.8 Å². The summed E-state index contributed by atoms with van der Waals surface area (Å²) in [7, 11) is -3.17. The number of hydrogen-bond acceptors (Lipinski definition) is 4. The van der Waals surface area contributed by atoms with Crippen molar-refractivity contribution in [3.63, 3.8) is 0 Å². The van der Waals surface area contributed by atoms with Crippen molar-refractivity contribution < 1.29 is 17.2 Å². The van der Waals surface area contributed by atoms with Crippen LogP contribution in [0.25, 0.3) is 0 Å². The second-order valence-corrected chi connectivity index (χ2v) is 7.88. The zero-order chi connectivity index (χ0) is 17.0. The van der Waals surface area contributed by atoms with Crippen LogP contribution in [-0.2, 0) is 28.6 Å². The molecule has 0 spiro atoms. The van der Waals surface area contributed by atoms with E-state index in [0.717, 1.165) is 17.9 Å². The zero-order valence-corrected chi connectivity index (χ0v) is 14.4. The Morgan fingerprint density at radius 1 is 1.22 bits per heavy atom. The number of hydrogen-bond donors (Lipinski definition) is 1. The molecular weight excluding hydrogens is 317 g/mol. The maximum Gasteiger partial charge on any atom is 0.151 e. The van der Waals surface area contributed by atoms with Crippen LogP contribution in [0.15, 0.2) is 34.7 Å². The molecule has 0 unspecified atom stereocenters. The molecule has 0 bridgehead atoms. The van der Waals surface area contributed by atoms with Crippen LogP contribution in [0.4, 0.5) is 4.39 Å². The van der Waals surface area contributed by atoms with Crippen molar-refractivity contribution in [2.45, 2.75) is 38.6 Å². The van der Waals surface area contributed by atoms with Gasteiger partial charge in [0.2, 0.25) is 0 Å². The second kappa shape index (κ2) is 7.27. The van der Waals surface area contributed by atoms with Gasteiger partial charge in [0.1, 0.15) is 17.3 Å². The summed E-state index contributed by atoms with van der Waals surface area (Å²) < 4.78 is 42.2. The molecule has 1 N–H and O–H groups in total. The first kappa shape index (κ1) is 17.7. The summed E-state index contributed by atoms with van der Waals surface area (Å²) in [5, 5.41) is 3.25. The highest BCUT2D eigenvalue weighted by atomic mass is 32.2. The van der Waals surface area contributed by atoms with E-state index in [4.69, 9.17) is 4.42 Å². The van der Waals surface area contributed by atoms with Crippen LogP contribution in [-0.4, -0.2) is 14.7 Å². The van der Waals surface area contributed by atoms with Gasteiger partial charge in [-0.1, -0.05) is 13.0 Å². The lowest BCUT2D eigenvalue weighted by atomic mass is 10.1. The van der Waals surface area contributed by atoms with Crippen LogP contribution >= 0.6 is 0 Å². The lowest BCUT2D eigenvalue weighted by Crippen LogP contribution is -2.19. The number of benzene rings is 1. The molecule has 1 aromatic carbocycles. The van der Waals surface area contributed by atoms with E-state index >= 15 is 0 Å². The molecule has 1 aromatic heterocycles. The van der Waals surface area contributed by atoms with Crippen LogP contribution in [0, 0.1) is 5.82 Å². The third-order valence-corrected chi connectivity index (χ3v) is 4.48. The minimum atomic E-state index is -3.17. The van der Waals surface area contributed by atoms with Crippen molar-refractivity contribution in [2.75, 3.05) is 6.26 Å². The van der Waals surface area contributed by atoms with Crippen LogP contribution in [0.2, 0.25) is 0 Å². The quantitative estimate of drug-likeness (QED) is 0.840. The summed E-state index contributed by atoms with van der Waals surface area (Å²) in [6, 6.07) is 7.99. The molecule has 126 valence electrons. The van der Waals surface area contributed by atoms with E-state index in [0.29, 0.717) is 17.7 Å². The maximum absolute atomic E-state index is 13.5. The first-order chi connectivity index (χ1) is 10.8. The third-order valence-electron chi connectivity index (χ3n) is 3.64. The molecule has 2 rings (SSSR count). The van der Waals surface area contributed by atoms with Gasteiger partial charge in [0.15, 0.2) is 9.84 Å². The highest BCUT2D eigenvalue weighted by Crippen LogP contribution is 2.19. The molecule has 0 radical (unpaired) electrons. The van der Waals surface area contributed by atoms with Crippen molar-refractivity contribution >= 4 is 9.84 Å². The molecule has 23 heavy (non-hydrogen) atoms. The Hall–Kier alpha value is -1.66. The standard InChI is InChI=1S/C17H22FNO3S/c1-4-16-7-8-17(22-16)12(2)19-10-14-9-15(18)6-5-13(14)11-23(3,20)21/h5-9,12,19H,4,10-11H2,1-3H3/t12-/m0/s1. The van der Waals surface area contributed by atoms with Gasteiger partial charge in [0.25, 0.3) is 0 Å². The summed E-state index contributed by atoms with van der Waals surface area (Å²) >= 11 is 0. The van der Waals surface area contributed by atoms with Gasteiger partial charge in [-0.05, 0) is 42.3 Å². The van der Waals surface area contributed by atoms with E-state index < -0.39 is 9.84 Å². The number of sulfone groups is 1. The third kappa shape index (κ3) is 5.18. The fourth-order valence-electron chi connectivity index (χ4n) is 2.36. The van der Waals surface area contributed by atoms with Crippen LogP contribution < -0.4 is 5.32 Å². The Kier molecular flexibility index (Phi) is 5.59. The summed E-state index contributed by atoms with van der Waals surface area (Å²) in [4.78, 5) is 0. The Morgan fingerprint density at radius 3 is 2.57 bits per heavy atom. The summed E-state index contributed by atoms with van der Waals surface area (Å²) in [6.45, 7) is 4.34. The van der Waals surface area contributed by atoms with Crippen molar-refractivity contribution in [1.29, 1.82) is 0 Å². The van der Waals surface area contributed by atoms with E-state index in [1.807, 2.05) is 26.0 Å². The van der Waals surface area contributed by atoms with Crippen molar-refractivity contribution in [1.82, 2.24) is 5.32 Å². The minimum Gasteiger partial charge on any atom is -0.464 e. The summed E-state index contributed by atoms with van der Waals surface area (Å²) in [6.07, 6.45) is 2.00. The largest absolute Gasteiger partial charge is 0.464 e. The maximum atomic E-state index is 13.5. The number of aryl methyl sites for hydroxylation is 1. The van der Waals surface area contributed by atoms with Gasteiger partial charge in [-0.25, -0.2) is 12.8 Å². The van der Waals surface area contributed by atoms with Gasteiger partial charge in [0, 0.05) is 19.2 Å². The Labute approximate surface area is 136 Å². The van der Waals surface area contributed by atoms with Gasteiger partial charge < -0.3 is 9.73 Å². The smallest absolute Gasteiger partial charge is 0.151 e. The molecule has 1 heterocycles. The zero-order valence-electron chi connectivity index (χ0n) is 13.6. The highest BCUT2D eigenvalue weighted by molar-refractivity contribution is 7.89. The molecule has 0 amide bonds. The molecule has 2 aromatic rings. The van der Waals surface area contributed by atoms with Crippen molar-refractivity contribution in [3.05, 3.63) is 58.8 Å². The molecule has 4 nitrogen and oxygen atoms in total. The Balaban J connectivity index is 2.11. The molecular formula is C17H22FNO3S. The number of halogens is 1. The molecule has 0 fully saturated rings. The Morgan fingerprint density at radius 2 is 1.96 bits per heavy atom. The van der Waals surface area contributed by atoms with Gasteiger partial charge in [-0.2, -0.15) is 0 Å². The van der Waals surface area contributed by atoms with E-state index in [2.05, 4.69) is 5.32 Å². The number of rotatable bonds is 7. The topological polar surface area (TPSA) is 59.3 Å². The van der Waals surface area contributed by atoms with Crippen LogP contribution in [0.1, 0.15) is 42.5 Å².